The molecule has 2 aliphatic heterocycles. The van der Waals surface area contributed by atoms with Crippen molar-refractivity contribution < 1.29 is 42.7 Å². The summed E-state index contributed by atoms with van der Waals surface area (Å²) < 4.78 is 56.2. The third-order valence-electron chi connectivity index (χ3n) is 9.57. The number of anilines is 2. The van der Waals surface area contributed by atoms with Crippen molar-refractivity contribution in [1.29, 1.82) is 10.5 Å². The number of hydrogen-bond acceptors (Lipinski definition) is 15. The van der Waals surface area contributed by atoms with Gasteiger partial charge < -0.3 is 40.6 Å². The van der Waals surface area contributed by atoms with Crippen LogP contribution < -0.4 is 11.5 Å². The second-order valence-corrected chi connectivity index (χ2v) is 12.6. The minimum Gasteiger partial charge on any atom is -0.452 e. The average Bonchev–Trinajstić information content (AvgIpc) is 3.88. The highest BCUT2D eigenvalue weighted by Crippen LogP contribution is 2.51. The molecule has 0 aliphatic carbocycles. The Hall–Kier alpha value is -5.83. The number of carbonyl (C=O) groups excluding carboxylic acids is 1. The van der Waals surface area contributed by atoms with Crippen molar-refractivity contribution in [3.05, 3.63) is 84.2 Å². The van der Waals surface area contributed by atoms with Gasteiger partial charge in [0.05, 0.1) is 30.2 Å². The molecule has 53 heavy (non-hydrogen) atoms. The molecule has 2 aliphatic rings. The summed E-state index contributed by atoms with van der Waals surface area (Å²) in [7, 11) is 1.40. The second-order valence-electron chi connectivity index (χ2n) is 12.6. The van der Waals surface area contributed by atoms with Crippen LogP contribution in [0, 0.1) is 22.7 Å². The minimum atomic E-state index is -2.46. The van der Waals surface area contributed by atoms with E-state index in [9.17, 15) is 25.5 Å². The van der Waals surface area contributed by atoms with E-state index in [0.717, 1.165) is 6.92 Å². The van der Waals surface area contributed by atoms with E-state index >= 15 is 8.78 Å². The van der Waals surface area contributed by atoms with Crippen molar-refractivity contribution >= 4 is 28.6 Å². The number of methoxy groups -OCH3 is 1. The Kier molecular flexibility index (Phi) is 9.49. The molecule has 2 saturated heterocycles. The van der Waals surface area contributed by atoms with Crippen LogP contribution >= 0.6 is 0 Å². The Morgan fingerprint density at radius 3 is 1.87 bits per heavy atom. The monoisotopic (exact) mass is 732 g/mol. The summed E-state index contributed by atoms with van der Waals surface area (Å²) in [6.45, 7) is 1.50. The van der Waals surface area contributed by atoms with E-state index in [1.807, 2.05) is 6.07 Å². The molecule has 276 valence electrons. The normalized spacial score (nSPS) is 30.7. The minimum absolute atomic E-state index is 0.0686. The number of fused-ring (bicyclic) bond motifs is 2. The molecule has 8 atom stereocenters. The van der Waals surface area contributed by atoms with Crippen LogP contribution in [0.15, 0.2) is 67.3 Å². The molecule has 19 heteroatoms. The van der Waals surface area contributed by atoms with E-state index in [0.29, 0.717) is 11.0 Å². The molecule has 1 unspecified atom stereocenters. The molecular weight excluding hydrogens is 698 g/mol. The number of aliphatic hydroxyl groups is 2. The lowest BCUT2D eigenvalue weighted by molar-refractivity contribution is -0.0762. The zero-order chi connectivity index (χ0) is 38.3. The number of rotatable bonds is 7. The van der Waals surface area contributed by atoms with E-state index in [-0.39, 0.29) is 35.2 Å². The highest BCUT2D eigenvalue weighted by atomic mass is 19.1. The number of nitrogens with two attached hydrogens (primary N) is 2. The summed E-state index contributed by atoms with van der Waals surface area (Å²) in [5.41, 5.74) is 3.59. The second kappa shape index (κ2) is 13.6. The number of hydrogen-bond donors (Lipinski definition) is 4. The van der Waals surface area contributed by atoms with Gasteiger partial charge in [0.1, 0.15) is 54.1 Å². The Labute approximate surface area is 299 Å². The fourth-order valence-electron chi connectivity index (χ4n) is 6.73. The van der Waals surface area contributed by atoms with Crippen molar-refractivity contribution in [3.63, 3.8) is 0 Å². The summed E-state index contributed by atoms with van der Waals surface area (Å²) in [6, 6.07) is 17.9. The molecule has 6 N–H and O–H groups in total. The molecule has 2 fully saturated rings. The number of nitriles is 2. The van der Waals surface area contributed by atoms with Crippen molar-refractivity contribution in [2.45, 2.75) is 60.8 Å². The molecule has 1 aromatic carbocycles. The van der Waals surface area contributed by atoms with Crippen LogP contribution in [-0.2, 0) is 30.1 Å². The molecule has 0 radical (unpaired) electrons. The summed E-state index contributed by atoms with van der Waals surface area (Å²) in [5, 5.41) is 47.0. The molecule has 6 heterocycles. The van der Waals surface area contributed by atoms with Gasteiger partial charge in [-0.1, -0.05) is 18.2 Å². The molecule has 7 rings (SSSR count). The maximum Gasteiger partial charge on any atom is 0.338 e. The third-order valence-corrected chi connectivity index (χ3v) is 9.57. The van der Waals surface area contributed by atoms with Crippen LogP contribution in [-0.4, -0.2) is 101 Å². The maximum absolute atomic E-state index is 16.5. The van der Waals surface area contributed by atoms with Crippen LogP contribution in [0.25, 0.3) is 11.0 Å². The van der Waals surface area contributed by atoms with Gasteiger partial charge in [0.15, 0.2) is 29.1 Å². The van der Waals surface area contributed by atoms with Gasteiger partial charge in [-0.3, -0.25) is 0 Å². The molecule has 17 nitrogen and oxygen atoms in total. The largest absolute Gasteiger partial charge is 0.452 e. The Morgan fingerprint density at radius 2 is 1.40 bits per heavy atom. The first kappa shape index (κ1) is 36.9. The first-order valence-electron chi connectivity index (χ1n) is 16.0. The van der Waals surface area contributed by atoms with E-state index in [1.165, 1.54) is 53.9 Å². The Bertz CT molecular complexity index is 2240. The van der Waals surface area contributed by atoms with Gasteiger partial charge >= 0.3 is 5.97 Å². The van der Waals surface area contributed by atoms with Crippen molar-refractivity contribution in [2.24, 2.45) is 0 Å². The van der Waals surface area contributed by atoms with Crippen molar-refractivity contribution in [3.8, 4) is 12.1 Å². The zero-order valence-corrected chi connectivity index (χ0v) is 28.5. The highest BCUT2D eigenvalue weighted by molar-refractivity contribution is 5.89. The number of halogens is 2. The number of alkyl halides is 2. The molecule has 5 aromatic rings. The lowest BCUT2D eigenvalue weighted by atomic mass is 9.81. The zero-order valence-electron chi connectivity index (χ0n) is 28.5. The number of aliphatic hydroxyl groups excluding tert-OH is 2. The smallest absolute Gasteiger partial charge is 0.338 e. The fraction of sp³-hybridized carbons (Fsp3) is 0.382. The van der Waals surface area contributed by atoms with E-state index in [1.54, 1.807) is 42.5 Å². The van der Waals surface area contributed by atoms with Gasteiger partial charge in [0, 0.05) is 7.11 Å². The third kappa shape index (κ3) is 5.57. The first-order chi connectivity index (χ1) is 25.2. The summed E-state index contributed by atoms with van der Waals surface area (Å²) >= 11 is 0. The van der Waals surface area contributed by atoms with Gasteiger partial charge in [-0.15, -0.1) is 0 Å². The van der Waals surface area contributed by atoms with Gasteiger partial charge in [-0.2, -0.15) is 20.7 Å². The lowest BCUT2D eigenvalue weighted by Crippen LogP contribution is -2.50. The lowest BCUT2D eigenvalue weighted by Gasteiger charge is -2.32. The maximum atomic E-state index is 16.5. The van der Waals surface area contributed by atoms with Gasteiger partial charge in [-0.25, -0.2) is 32.6 Å². The topological polar surface area (TPSA) is 254 Å². The van der Waals surface area contributed by atoms with Gasteiger partial charge in [0.25, 0.3) is 0 Å². The van der Waals surface area contributed by atoms with E-state index in [2.05, 4.69) is 20.2 Å². The molecular formula is C34H34F2N10O7. The predicted octanol–water partition coefficient (Wildman–Crippen LogP) is 1.54. The number of carbonyl (C=O) groups is 1. The van der Waals surface area contributed by atoms with E-state index < -0.39 is 59.5 Å². The summed E-state index contributed by atoms with van der Waals surface area (Å²) in [5.74, 6) is -0.417. The number of ether oxygens (including phenoxy) is 4. The number of benzene rings is 1. The van der Waals surface area contributed by atoms with Crippen LogP contribution in [0.1, 0.15) is 35.6 Å². The molecule has 0 amide bonds. The fourth-order valence-corrected chi connectivity index (χ4v) is 6.73. The number of esters is 1. The number of nitrogen functional groups attached to an aromatic ring is 2. The number of aromatic nitrogens is 6. The van der Waals surface area contributed by atoms with Crippen LogP contribution in [0.5, 0.6) is 0 Å². The summed E-state index contributed by atoms with van der Waals surface area (Å²) in [6.07, 6.45) is -3.00. The van der Waals surface area contributed by atoms with Crippen LogP contribution in [0.3, 0.4) is 0 Å². The molecule has 4 aromatic heterocycles. The standard InChI is InChI=1S/C21H20FN5O4.C13H14FN5O3/c1-20(22)17(30-19(28)13-6-4-3-5-7-13)15(10-29-2)31-21(20,11-23)16-9-8-14-18(24)25-12-26-27(14)16;1-12(14)10(21)8(4-20)22-13(12,5-15)9-3-2-7-11(16)17-6-18-19(7)9/h3-9,12,15,17H,10H2,1-2H3,(H2,24,25,26);2-3,6,8,10,20-21H,4H2,1H3,(H2,16,17,18)/t15-,17-,20-,21?;8-,10-,12-,13+/m11/s1. The quantitative estimate of drug-likeness (QED) is 0.173. The van der Waals surface area contributed by atoms with Crippen LogP contribution in [0.4, 0.5) is 20.4 Å². The summed E-state index contributed by atoms with van der Waals surface area (Å²) in [4.78, 5) is 20.4. The van der Waals surface area contributed by atoms with Gasteiger partial charge in [-0.05, 0) is 50.2 Å². The first-order valence-corrected chi connectivity index (χ1v) is 16.0. The Balaban J connectivity index is 0.000000192. The molecule has 0 saturated carbocycles. The molecule has 0 bridgehead atoms. The van der Waals surface area contributed by atoms with E-state index in [4.69, 9.17) is 30.4 Å². The SMILES string of the molecule is COC[C@H]1OC(C#N)(c2ccc3c(N)ncnn23)[C@](C)(F)[C@@H]1OC(=O)c1ccccc1.C[C@@]1(F)[C@H](O)[C@@H](CO)O[C@@]1(C#N)c1ccc2c(N)ncnn12. The molecule has 0 spiro atoms. The Morgan fingerprint density at radius 1 is 0.887 bits per heavy atom. The van der Waals surface area contributed by atoms with Gasteiger partial charge in [0.2, 0.25) is 11.2 Å². The van der Waals surface area contributed by atoms with Crippen molar-refractivity contribution in [1.82, 2.24) is 29.2 Å². The average molecular weight is 733 g/mol. The predicted molar refractivity (Wildman–Crippen MR) is 179 cm³/mol. The number of nitrogens with zero attached hydrogens (tertiary/aromatic N) is 8. The van der Waals surface area contributed by atoms with Crippen LogP contribution in [0.2, 0.25) is 0 Å². The van der Waals surface area contributed by atoms with Crippen molar-refractivity contribution in [2.75, 3.05) is 31.8 Å². The highest BCUT2D eigenvalue weighted by Gasteiger charge is 2.69.